The maximum absolute atomic E-state index is 13.6. The van der Waals surface area contributed by atoms with Crippen LogP contribution in [0.2, 0.25) is 0 Å². The number of carbonyl (C=O) groups excluding carboxylic acids is 2. The summed E-state index contributed by atoms with van der Waals surface area (Å²) in [7, 11) is 1.38. The molecular weight excluding hydrogens is 359 g/mol. The van der Waals surface area contributed by atoms with Gasteiger partial charge in [-0.2, -0.15) is 0 Å². The molecule has 1 aliphatic heterocycles. The Bertz CT molecular complexity index is 910. The highest BCUT2D eigenvalue weighted by Crippen LogP contribution is 2.24. The minimum absolute atomic E-state index is 0.225. The highest BCUT2D eigenvalue weighted by Gasteiger charge is 2.22. The molecule has 0 aromatic heterocycles. The molecule has 0 spiro atoms. The molecule has 2 amide bonds. The van der Waals surface area contributed by atoms with Crippen molar-refractivity contribution in [2.24, 2.45) is 0 Å². The maximum Gasteiger partial charge on any atom is 0.409 e. The van der Waals surface area contributed by atoms with E-state index in [2.05, 4.69) is 5.32 Å². The molecule has 5 nitrogen and oxygen atoms in total. The Morgan fingerprint density at radius 2 is 2.00 bits per heavy atom. The molecule has 0 saturated carbocycles. The Kier molecular flexibility index (Phi) is 6.09. The van der Waals surface area contributed by atoms with E-state index in [1.54, 1.807) is 23.1 Å². The van der Waals surface area contributed by atoms with Crippen molar-refractivity contribution < 1.29 is 18.7 Å². The van der Waals surface area contributed by atoms with Gasteiger partial charge in [0.1, 0.15) is 5.82 Å². The van der Waals surface area contributed by atoms with Gasteiger partial charge >= 0.3 is 6.09 Å². The van der Waals surface area contributed by atoms with Gasteiger partial charge in [0.25, 0.3) is 0 Å². The standard InChI is InChI=1S/C22H23FN2O3/c1-15(24-21(26)10-9-17-5-3-4-6-20(17)23)18-8-7-16-11-12-25(22(27)28-2)14-19(16)13-18/h3-10,13,15H,11-12,14H2,1-2H3,(H,24,26)/b10-9+. The average Bonchev–Trinajstić information content (AvgIpc) is 2.71. The number of amides is 2. The second-order valence-electron chi connectivity index (χ2n) is 6.75. The third kappa shape index (κ3) is 4.57. The highest BCUT2D eigenvalue weighted by atomic mass is 19.1. The van der Waals surface area contributed by atoms with Gasteiger partial charge in [-0.25, -0.2) is 9.18 Å². The number of hydrogen-bond donors (Lipinski definition) is 1. The van der Waals surface area contributed by atoms with Gasteiger partial charge in [0.2, 0.25) is 5.91 Å². The van der Waals surface area contributed by atoms with Gasteiger partial charge in [-0.1, -0.05) is 36.4 Å². The van der Waals surface area contributed by atoms with Crippen LogP contribution in [0.5, 0.6) is 0 Å². The summed E-state index contributed by atoms with van der Waals surface area (Å²) >= 11 is 0. The zero-order valence-electron chi connectivity index (χ0n) is 15.9. The van der Waals surface area contributed by atoms with Crippen LogP contribution in [0.1, 0.15) is 35.2 Å². The number of rotatable bonds is 4. The topological polar surface area (TPSA) is 58.6 Å². The molecule has 1 aliphatic rings. The molecule has 2 aromatic rings. The molecule has 1 unspecified atom stereocenters. The second kappa shape index (κ2) is 8.69. The Morgan fingerprint density at radius 3 is 2.75 bits per heavy atom. The van der Waals surface area contributed by atoms with E-state index < -0.39 is 0 Å². The van der Waals surface area contributed by atoms with E-state index in [0.717, 1.165) is 17.5 Å². The minimum Gasteiger partial charge on any atom is -0.453 e. The van der Waals surface area contributed by atoms with Crippen LogP contribution < -0.4 is 5.32 Å². The molecule has 2 aromatic carbocycles. The zero-order valence-corrected chi connectivity index (χ0v) is 15.9. The van der Waals surface area contributed by atoms with Crippen molar-refractivity contribution in [3.05, 3.63) is 76.6 Å². The quantitative estimate of drug-likeness (QED) is 0.818. The van der Waals surface area contributed by atoms with E-state index in [0.29, 0.717) is 18.7 Å². The smallest absolute Gasteiger partial charge is 0.409 e. The van der Waals surface area contributed by atoms with Crippen molar-refractivity contribution >= 4 is 18.1 Å². The lowest BCUT2D eigenvalue weighted by molar-refractivity contribution is -0.117. The van der Waals surface area contributed by atoms with Gasteiger partial charge in [-0.3, -0.25) is 4.79 Å². The number of halogens is 1. The summed E-state index contributed by atoms with van der Waals surface area (Å²) in [6.07, 6.45) is 3.22. The summed E-state index contributed by atoms with van der Waals surface area (Å²) in [5.74, 6) is -0.672. The number of benzene rings is 2. The van der Waals surface area contributed by atoms with Crippen LogP contribution in [0.3, 0.4) is 0 Å². The molecule has 0 fully saturated rings. The van der Waals surface area contributed by atoms with Gasteiger partial charge in [0.15, 0.2) is 0 Å². The molecule has 28 heavy (non-hydrogen) atoms. The van der Waals surface area contributed by atoms with Crippen LogP contribution in [-0.4, -0.2) is 30.6 Å². The number of methoxy groups -OCH3 is 1. The summed E-state index contributed by atoms with van der Waals surface area (Å²) in [6.45, 7) is 3.01. The van der Waals surface area contributed by atoms with Gasteiger partial charge in [0.05, 0.1) is 13.2 Å². The van der Waals surface area contributed by atoms with Gasteiger partial charge in [0, 0.05) is 24.7 Å². The van der Waals surface area contributed by atoms with Crippen LogP contribution >= 0.6 is 0 Å². The molecule has 6 heteroatoms. The molecule has 0 bridgehead atoms. The normalized spacial score (nSPS) is 14.5. The predicted molar refractivity (Wildman–Crippen MR) is 105 cm³/mol. The number of nitrogens with one attached hydrogen (secondary N) is 1. The molecule has 0 aliphatic carbocycles. The van der Waals surface area contributed by atoms with Crippen LogP contribution in [0.15, 0.2) is 48.5 Å². The van der Waals surface area contributed by atoms with Crippen molar-refractivity contribution in [1.82, 2.24) is 10.2 Å². The van der Waals surface area contributed by atoms with E-state index >= 15 is 0 Å². The fourth-order valence-corrected chi connectivity index (χ4v) is 3.25. The molecule has 1 atom stereocenters. The van der Waals surface area contributed by atoms with E-state index in [9.17, 15) is 14.0 Å². The van der Waals surface area contributed by atoms with Crippen LogP contribution in [0, 0.1) is 5.82 Å². The number of ether oxygens (including phenoxy) is 1. The molecular formula is C22H23FN2O3. The van der Waals surface area contributed by atoms with Crippen molar-refractivity contribution in [2.75, 3.05) is 13.7 Å². The lowest BCUT2D eigenvalue weighted by Gasteiger charge is -2.28. The van der Waals surface area contributed by atoms with Crippen LogP contribution in [0.4, 0.5) is 9.18 Å². The van der Waals surface area contributed by atoms with E-state index in [1.165, 1.54) is 30.9 Å². The first-order valence-corrected chi connectivity index (χ1v) is 9.15. The Labute approximate surface area is 163 Å². The maximum atomic E-state index is 13.6. The summed E-state index contributed by atoms with van der Waals surface area (Å²) in [5.41, 5.74) is 3.55. The van der Waals surface area contributed by atoms with Crippen molar-refractivity contribution in [2.45, 2.75) is 25.9 Å². The van der Waals surface area contributed by atoms with Gasteiger partial charge in [-0.05, 0) is 42.2 Å². The fourth-order valence-electron chi connectivity index (χ4n) is 3.25. The minimum atomic E-state index is -0.371. The van der Waals surface area contributed by atoms with E-state index in [4.69, 9.17) is 4.74 Å². The molecule has 0 radical (unpaired) electrons. The zero-order chi connectivity index (χ0) is 20.1. The lowest BCUT2D eigenvalue weighted by Crippen LogP contribution is -2.36. The molecule has 0 saturated heterocycles. The van der Waals surface area contributed by atoms with Crippen LogP contribution in [0.25, 0.3) is 6.08 Å². The molecule has 146 valence electrons. The summed E-state index contributed by atoms with van der Waals surface area (Å²) in [4.78, 5) is 25.6. The number of carbonyl (C=O) groups is 2. The first kappa shape index (κ1) is 19.6. The first-order chi connectivity index (χ1) is 13.5. The van der Waals surface area contributed by atoms with Crippen molar-refractivity contribution in [3.8, 4) is 0 Å². The Balaban J connectivity index is 1.66. The highest BCUT2D eigenvalue weighted by molar-refractivity contribution is 5.92. The number of hydrogen-bond acceptors (Lipinski definition) is 3. The Hall–Kier alpha value is -3.15. The third-order valence-corrected chi connectivity index (χ3v) is 4.85. The summed E-state index contributed by atoms with van der Waals surface area (Å²) in [6, 6.07) is 12.1. The lowest BCUT2D eigenvalue weighted by atomic mass is 9.95. The predicted octanol–water partition coefficient (Wildman–Crippen LogP) is 3.84. The summed E-state index contributed by atoms with van der Waals surface area (Å²) in [5, 5.41) is 2.88. The SMILES string of the molecule is COC(=O)N1CCc2ccc(C(C)NC(=O)/C=C/c3ccccc3F)cc2C1. The Morgan fingerprint density at radius 1 is 1.21 bits per heavy atom. The van der Waals surface area contributed by atoms with Gasteiger partial charge < -0.3 is 15.0 Å². The van der Waals surface area contributed by atoms with Gasteiger partial charge in [-0.15, -0.1) is 0 Å². The second-order valence-corrected chi connectivity index (χ2v) is 6.75. The van der Waals surface area contributed by atoms with E-state index in [1.807, 2.05) is 25.1 Å². The first-order valence-electron chi connectivity index (χ1n) is 9.15. The third-order valence-electron chi connectivity index (χ3n) is 4.85. The molecule has 3 rings (SSSR count). The summed E-state index contributed by atoms with van der Waals surface area (Å²) < 4.78 is 18.4. The molecule has 1 N–H and O–H groups in total. The molecule has 1 heterocycles. The average molecular weight is 382 g/mol. The van der Waals surface area contributed by atoms with Crippen molar-refractivity contribution in [1.29, 1.82) is 0 Å². The fraction of sp³-hybridized carbons (Fsp3) is 0.273. The largest absolute Gasteiger partial charge is 0.453 e. The van der Waals surface area contributed by atoms with Crippen molar-refractivity contribution in [3.63, 3.8) is 0 Å². The monoisotopic (exact) mass is 382 g/mol. The number of nitrogens with zero attached hydrogens (tertiary/aromatic N) is 1. The number of fused-ring (bicyclic) bond motifs is 1. The van der Waals surface area contributed by atoms with E-state index in [-0.39, 0.29) is 23.9 Å². The van der Waals surface area contributed by atoms with Crippen LogP contribution in [-0.2, 0) is 22.5 Å².